The Morgan fingerprint density at radius 1 is 0.593 bits per heavy atom. The molecule has 0 saturated heterocycles. The van der Waals surface area contributed by atoms with E-state index < -0.39 is 0 Å². The molecule has 0 spiro atoms. The second kappa shape index (κ2) is 7.09. The van der Waals surface area contributed by atoms with Crippen LogP contribution >= 0.6 is 11.6 Å². The number of rotatable bonds is 4. The summed E-state index contributed by atoms with van der Waals surface area (Å²) in [4.78, 5) is 0. The van der Waals surface area contributed by atoms with Crippen LogP contribution in [0, 0.1) is 0 Å². The SMILES string of the molecule is Oc1c(Oc2ccccc2)c(Oc2ccccc2)c(O)c2cc(Cl)ccc12. The highest BCUT2D eigenvalue weighted by atomic mass is 35.5. The van der Waals surface area contributed by atoms with E-state index in [9.17, 15) is 10.2 Å². The molecule has 27 heavy (non-hydrogen) atoms. The Labute approximate surface area is 160 Å². The molecule has 2 N–H and O–H groups in total. The van der Waals surface area contributed by atoms with Crippen LogP contribution in [-0.4, -0.2) is 10.2 Å². The third kappa shape index (κ3) is 3.35. The van der Waals surface area contributed by atoms with Crippen molar-refractivity contribution < 1.29 is 19.7 Å². The fourth-order valence-electron chi connectivity index (χ4n) is 2.78. The summed E-state index contributed by atoms with van der Waals surface area (Å²) in [6.45, 7) is 0. The van der Waals surface area contributed by atoms with Crippen LogP contribution in [0.1, 0.15) is 0 Å². The van der Waals surface area contributed by atoms with Gasteiger partial charge in [-0.05, 0) is 42.5 Å². The quantitative estimate of drug-likeness (QED) is 0.398. The maximum Gasteiger partial charge on any atom is 0.216 e. The second-order valence-electron chi connectivity index (χ2n) is 5.88. The number of aromatic hydroxyl groups is 2. The van der Waals surface area contributed by atoms with Gasteiger partial charge >= 0.3 is 0 Å². The van der Waals surface area contributed by atoms with Gasteiger partial charge in [-0.1, -0.05) is 48.0 Å². The predicted octanol–water partition coefficient (Wildman–Crippen LogP) is 6.49. The normalized spacial score (nSPS) is 10.7. The van der Waals surface area contributed by atoms with Gasteiger partial charge in [-0.2, -0.15) is 0 Å². The molecule has 0 radical (unpaired) electrons. The first-order valence-corrected chi connectivity index (χ1v) is 8.64. The fourth-order valence-corrected chi connectivity index (χ4v) is 2.95. The van der Waals surface area contributed by atoms with Gasteiger partial charge in [-0.25, -0.2) is 0 Å². The topological polar surface area (TPSA) is 58.9 Å². The summed E-state index contributed by atoms with van der Waals surface area (Å²) in [5.74, 6) is 0.717. The first-order valence-electron chi connectivity index (χ1n) is 8.26. The summed E-state index contributed by atoms with van der Waals surface area (Å²) in [5, 5.41) is 22.9. The molecule has 0 bridgehead atoms. The van der Waals surface area contributed by atoms with Crippen molar-refractivity contribution in [2.45, 2.75) is 0 Å². The zero-order valence-corrected chi connectivity index (χ0v) is 14.9. The Hall–Kier alpha value is -3.37. The molecule has 134 valence electrons. The van der Waals surface area contributed by atoms with Gasteiger partial charge in [0.25, 0.3) is 0 Å². The van der Waals surface area contributed by atoms with E-state index in [0.717, 1.165) is 0 Å². The Kier molecular flexibility index (Phi) is 4.48. The lowest BCUT2D eigenvalue weighted by atomic mass is 10.1. The van der Waals surface area contributed by atoms with Gasteiger partial charge in [-0.3, -0.25) is 0 Å². The van der Waals surface area contributed by atoms with E-state index in [2.05, 4.69) is 0 Å². The lowest BCUT2D eigenvalue weighted by Crippen LogP contribution is -1.93. The second-order valence-corrected chi connectivity index (χ2v) is 6.31. The minimum Gasteiger partial charge on any atom is -0.504 e. The van der Waals surface area contributed by atoms with E-state index in [1.165, 1.54) is 0 Å². The highest BCUT2D eigenvalue weighted by Gasteiger charge is 2.23. The smallest absolute Gasteiger partial charge is 0.216 e. The third-order valence-corrected chi connectivity index (χ3v) is 4.29. The minimum atomic E-state index is -0.167. The molecule has 0 heterocycles. The van der Waals surface area contributed by atoms with Crippen LogP contribution in [0.4, 0.5) is 0 Å². The first-order chi connectivity index (χ1) is 13.1. The number of para-hydroxylation sites is 2. The van der Waals surface area contributed by atoms with Crippen LogP contribution in [-0.2, 0) is 0 Å². The monoisotopic (exact) mass is 378 g/mol. The lowest BCUT2D eigenvalue weighted by Gasteiger charge is -2.17. The number of halogens is 1. The summed E-state index contributed by atoms with van der Waals surface area (Å²) in [7, 11) is 0. The molecule has 4 nitrogen and oxygen atoms in total. The van der Waals surface area contributed by atoms with Crippen molar-refractivity contribution in [3.63, 3.8) is 0 Å². The largest absolute Gasteiger partial charge is 0.504 e. The average Bonchev–Trinajstić information content (AvgIpc) is 2.70. The molecule has 4 aromatic carbocycles. The molecule has 0 amide bonds. The Balaban J connectivity index is 1.93. The van der Waals surface area contributed by atoms with Crippen LogP contribution in [0.5, 0.6) is 34.5 Å². The van der Waals surface area contributed by atoms with Crippen LogP contribution in [0.15, 0.2) is 78.9 Å². The van der Waals surface area contributed by atoms with Crippen molar-refractivity contribution in [2.24, 2.45) is 0 Å². The zero-order chi connectivity index (χ0) is 18.8. The van der Waals surface area contributed by atoms with Gasteiger partial charge in [0, 0.05) is 15.8 Å². The van der Waals surface area contributed by atoms with Crippen molar-refractivity contribution in [2.75, 3.05) is 0 Å². The molecule has 0 aromatic heterocycles. The van der Waals surface area contributed by atoms with E-state index in [1.54, 1.807) is 42.5 Å². The highest BCUT2D eigenvalue weighted by Crippen LogP contribution is 2.53. The molecular formula is C22H15ClO4. The number of phenols is 2. The van der Waals surface area contributed by atoms with Crippen LogP contribution in [0.2, 0.25) is 5.02 Å². The van der Waals surface area contributed by atoms with E-state index in [4.69, 9.17) is 21.1 Å². The summed E-state index contributed by atoms with van der Waals surface area (Å²) in [5.41, 5.74) is 0. The van der Waals surface area contributed by atoms with Gasteiger partial charge < -0.3 is 19.7 Å². The standard InChI is InChI=1S/C22H15ClO4/c23-14-11-12-17-18(13-14)20(25)22(27-16-9-5-2-6-10-16)21(19(17)24)26-15-7-3-1-4-8-15/h1-13,24-25H. The van der Waals surface area contributed by atoms with E-state index >= 15 is 0 Å². The molecule has 4 rings (SSSR count). The molecule has 0 fully saturated rings. The molecule has 5 heteroatoms. The summed E-state index contributed by atoms with van der Waals surface area (Å²) < 4.78 is 11.7. The zero-order valence-electron chi connectivity index (χ0n) is 14.1. The van der Waals surface area contributed by atoms with Crippen molar-refractivity contribution in [1.82, 2.24) is 0 Å². The Bertz CT molecular complexity index is 1100. The van der Waals surface area contributed by atoms with Gasteiger partial charge in [-0.15, -0.1) is 0 Å². The van der Waals surface area contributed by atoms with E-state index in [1.807, 2.05) is 36.4 Å². The summed E-state index contributed by atoms with van der Waals surface area (Å²) in [6, 6.07) is 22.7. The molecule has 4 aromatic rings. The van der Waals surface area contributed by atoms with E-state index in [0.29, 0.717) is 27.3 Å². The number of hydrogen-bond acceptors (Lipinski definition) is 4. The third-order valence-electron chi connectivity index (χ3n) is 4.05. The number of phenolic OH excluding ortho intramolecular Hbond substituents is 2. The van der Waals surface area contributed by atoms with Crippen molar-refractivity contribution in [1.29, 1.82) is 0 Å². The fraction of sp³-hybridized carbons (Fsp3) is 0. The first kappa shape index (κ1) is 17.1. The van der Waals surface area contributed by atoms with Crippen molar-refractivity contribution in [3.8, 4) is 34.5 Å². The van der Waals surface area contributed by atoms with E-state index in [-0.39, 0.29) is 23.0 Å². The molecular weight excluding hydrogens is 364 g/mol. The van der Waals surface area contributed by atoms with Gasteiger partial charge in [0.1, 0.15) is 11.5 Å². The Morgan fingerprint density at radius 3 is 1.59 bits per heavy atom. The van der Waals surface area contributed by atoms with Crippen LogP contribution in [0.3, 0.4) is 0 Å². The molecule has 0 aliphatic carbocycles. The average molecular weight is 379 g/mol. The van der Waals surface area contributed by atoms with Gasteiger partial charge in [0.05, 0.1) is 0 Å². The number of benzene rings is 4. The number of fused-ring (bicyclic) bond motifs is 1. The lowest BCUT2D eigenvalue weighted by molar-refractivity contribution is 0.364. The van der Waals surface area contributed by atoms with Crippen LogP contribution < -0.4 is 9.47 Å². The van der Waals surface area contributed by atoms with Crippen molar-refractivity contribution >= 4 is 22.4 Å². The van der Waals surface area contributed by atoms with Crippen molar-refractivity contribution in [3.05, 3.63) is 83.9 Å². The minimum absolute atomic E-state index is 0.0114. The number of hydrogen-bond donors (Lipinski definition) is 2. The summed E-state index contributed by atoms with van der Waals surface area (Å²) in [6.07, 6.45) is 0. The maximum absolute atomic E-state index is 10.8. The predicted molar refractivity (Wildman–Crippen MR) is 105 cm³/mol. The molecule has 0 unspecified atom stereocenters. The molecule has 0 aliphatic heterocycles. The molecule has 0 aliphatic rings. The molecule has 0 saturated carbocycles. The maximum atomic E-state index is 10.8. The highest BCUT2D eigenvalue weighted by molar-refractivity contribution is 6.31. The molecule has 0 atom stereocenters. The van der Waals surface area contributed by atoms with Gasteiger partial charge in [0.15, 0.2) is 11.5 Å². The Morgan fingerprint density at radius 2 is 1.07 bits per heavy atom. The van der Waals surface area contributed by atoms with Gasteiger partial charge in [0.2, 0.25) is 11.5 Å². The van der Waals surface area contributed by atoms with Crippen LogP contribution in [0.25, 0.3) is 10.8 Å². The summed E-state index contributed by atoms with van der Waals surface area (Å²) >= 11 is 6.06. The number of ether oxygens (including phenoxy) is 2.